The van der Waals surface area contributed by atoms with Crippen molar-refractivity contribution in [1.82, 2.24) is 5.32 Å². The fourth-order valence-corrected chi connectivity index (χ4v) is 3.17. The number of benzene rings is 2. The zero-order valence-corrected chi connectivity index (χ0v) is 14.6. The summed E-state index contributed by atoms with van der Waals surface area (Å²) in [6, 6.07) is 11.2. The van der Waals surface area contributed by atoms with Crippen molar-refractivity contribution in [1.29, 1.82) is 0 Å². The van der Waals surface area contributed by atoms with E-state index >= 15 is 0 Å². The van der Waals surface area contributed by atoms with Gasteiger partial charge in [0.15, 0.2) is 0 Å². The van der Waals surface area contributed by atoms with E-state index in [1.807, 2.05) is 25.2 Å². The number of rotatable bonds is 4. The van der Waals surface area contributed by atoms with Crippen LogP contribution in [0.4, 0.5) is 4.39 Å². The molecule has 2 aromatic carbocycles. The zero-order chi connectivity index (χ0) is 14.7. The highest BCUT2D eigenvalue weighted by Crippen LogP contribution is 2.29. The van der Waals surface area contributed by atoms with Crippen LogP contribution in [-0.4, -0.2) is 7.05 Å². The third-order valence-electron chi connectivity index (χ3n) is 3.47. The Balaban J connectivity index is 2.31. The second kappa shape index (κ2) is 6.83. The topological polar surface area (TPSA) is 12.0 Å². The Labute approximate surface area is 135 Å². The molecule has 0 aliphatic rings. The Morgan fingerprint density at radius 2 is 1.90 bits per heavy atom. The van der Waals surface area contributed by atoms with E-state index in [4.69, 9.17) is 0 Å². The zero-order valence-electron chi connectivity index (χ0n) is 11.4. The van der Waals surface area contributed by atoms with E-state index in [1.54, 1.807) is 0 Å². The van der Waals surface area contributed by atoms with Crippen LogP contribution in [0.15, 0.2) is 45.3 Å². The molecule has 20 heavy (non-hydrogen) atoms. The maximum atomic E-state index is 13.2. The molecule has 1 N–H and O–H groups in total. The van der Waals surface area contributed by atoms with E-state index in [9.17, 15) is 4.39 Å². The Kier molecular flexibility index (Phi) is 5.35. The van der Waals surface area contributed by atoms with Gasteiger partial charge in [0.2, 0.25) is 0 Å². The normalized spacial score (nSPS) is 12.4. The van der Waals surface area contributed by atoms with Crippen molar-refractivity contribution in [2.45, 2.75) is 19.4 Å². The Morgan fingerprint density at radius 1 is 1.15 bits per heavy atom. The fourth-order valence-electron chi connectivity index (χ4n) is 2.28. The van der Waals surface area contributed by atoms with E-state index in [2.05, 4.69) is 50.2 Å². The maximum Gasteiger partial charge on any atom is 0.124 e. The maximum absolute atomic E-state index is 13.2. The van der Waals surface area contributed by atoms with Gasteiger partial charge in [0.05, 0.1) is 0 Å². The summed E-state index contributed by atoms with van der Waals surface area (Å²) >= 11 is 7.00. The number of hydrogen-bond donors (Lipinski definition) is 1. The average Bonchev–Trinajstić information content (AvgIpc) is 2.42. The van der Waals surface area contributed by atoms with Gasteiger partial charge in [-0.25, -0.2) is 4.39 Å². The van der Waals surface area contributed by atoms with Crippen LogP contribution in [0.25, 0.3) is 0 Å². The molecule has 0 spiro atoms. The van der Waals surface area contributed by atoms with Crippen molar-refractivity contribution in [2.75, 3.05) is 7.05 Å². The molecule has 4 heteroatoms. The van der Waals surface area contributed by atoms with Gasteiger partial charge in [-0.1, -0.05) is 50.1 Å². The van der Waals surface area contributed by atoms with Crippen molar-refractivity contribution in [3.8, 4) is 0 Å². The van der Waals surface area contributed by atoms with Crippen LogP contribution in [0.2, 0.25) is 0 Å². The van der Waals surface area contributed by atoms with Crippen LogP contribution >= 0.6 is 31.9 Å². The molecular weight excluding hydrogens is 385 g/mol. The van der Waals surface area contributed by atoms with E-state index in [-0.39, 0.29) is 11.9 Å². The first-order chi connectivity index (χ1) is 9.52. The van der Waals surface area contributed by atoms with E-state index < -0.39 is 0 Å². The number of hydrogen-bond acceptors (Lipinski definition) is 1. The second-order valence-electron chi connectivity index (χ2n) is 4.74. The first-order valence-corrected chi connectivity index (χ1v) is 7.97. The second-order valence-corrected chi connectivity index (χ2v) is 6.44. The molecule has 0 bridgehead atoms. The van der Waals surface area contributed by atoms with Gasteiger partial charge in [-0.15, -0.1) is 0 Å². The third-order valence-corrected chi connectivity index (χ3v) is 5.07. The van der Waals surface area contributed by atoms with E-state index in [0.717, 1.165) is 20.9 Å². The van der Waals surface area contributed by atoms with E-state index in [1.165, 1.54) is 23.3 Å². The van der Waals surface area contributed by atoms with Gasteiger partial charge >= 0.3 is 0 Å². The van der Waals surface area contributed by atoms with Gasteiger partial charge in [0.25, 0.3) is 0 Å². The highest BCUT2D eigenvalue weighted by molar-refractivity contribution is 9.10. The molecule has 0 saturated heterocycles. The molecule has 1 unspecified atom stereocenters. The van der Waals surface area contributed by atoms with Crippen LogP contribution in [0.1, 0.15) is 22.7 Å². The molecule has 0 radical (unpaired) electrons. The largest absolute Gasteiger partial charge is 0.313 e. The van der Waals surface area contributed by atoms with Gasteiger partial charge in [-0.3, -0.25) is 0 Å². The molecule has 0 saturated carbocycles. The van der Waals surface area contributed by atoms with Crippen molar-refractivity contribution in [3.05, 3.63) is 67.9 Å². The van der Waals surface area contributed by atoms with Crippen LogP contribution in [0.5, 0.6) is 0 Å². The summed E-state index contributed by atoms with van der Waals surface area (Å²) in [6.45, 7) is 2.10. The van der Waals surface area contributed by atoms with Crippen LogP contribution in [0.3, 0.4) is 0 Å². The van der Waals surface area contributed by atoms with Crippen molar-refractivity contribution >= 4 is 31.9 Å². The van der Waals surface area contributed by atoms with E-state index in [0.29, 0.717) is 0 Å². The Hall–Kier alpha value is -0.710. The minimum atomic E-state index is -0.222. The first-order valence-electron chi connectivity index (χ1n) is 6.39. The van der Waals surface area contributed by atoms with Crippen LogP contribution in [-0.2, 0) is 6.42 Å². The minimum Gasteiger partial charge on any atom is -0.313 e. The Bertz CT molecular complexity index is 613. The highest BCUT2D eigenvalue weighted by Gasteiger charge is 2.15. The average molecular weight is 401 g/mol. The molecule has 0 aromatic heterocycles. The van der Waals surface area contributed by atoms with Crippen molar-refractivity contribution in [3.63, 3.8) is 0 Å². The molecule has 0 amide bonds. The number of halogens is 3. The summed E-state index contributed by atoms with van der Waals surface area (Å²) in [4.78, 5) is 0. The lowest BCUT2D eigenvalue weighted by Gasteiger charge is -2.20. The summed E-state index contributed by atoms with van der Waals surface area (Å²) in [5.74, 6) is -0.222. The summed E-state index contributed by atoms with van der Waals surface area (Å²) in [5, 5.41) is 3.34. The lowest BCUT2D eigenvalue weighted by molar-refractivity contribution is 0.584. The van der Waals surface area contributed by atoms with Crippen molar-refractivity contribution < 1.29 is 4.39 Å². The minimum absolute atomic E-state index is 0.189. The van der Waals surface area contributed by atoms with Gasteiger partial charge in [0, 0.05) is 15.0 Å². The van der Waals surface area contributed by atoms with Gasteiger partial charge in [0.1, 0.15) is 5.82 Å². The fraction of sp³-hybridized carbons (Fsp3) is 0.250. The SMILES string of the molecule is CNC(Cc1ccc(F)cc1Br)c1cccc(Br)c1C. The molecule has 106 valence electrons. The quantitative estimate of drug-likeness (QED) is 0.747. The van der Waals surface area contributed by atoms with Crippen LogP contribution in [0, 0.1) is 12.7 Å². The summed E-state index contributed by atoms with van der Waals surface area (Å²) < 4.78 is 15.1. The smallest absolute Gasteiger partial charge is 0.124 e. The van der Waals surface area contributed by atoms with Gasteiger partial charge < -0.3 is 5.32 Å². The molecule has 2 rings (SSSR count). The monoisotopic (exact) mass is 399 g/mol. The first kappa shape index (κ1) is 15.7. The standard InChI is InChI=1S/C16H16Br2FN/c1-10-13(4-3-5-14(10)17)16(20-2)8-11-6-7-12(19)9-15(11)18/h3-7,9,16,20H,8H2,1-2H3. The highest BCUT2D eigenvalue weighted by atomic mass is 79.9. The molecule has 0 heterocycles. The molecule has 1 nitrogen and oxygen atoms in total. The summed E-state index contributed by atoms with van der Waals surface area (Å²) in [5.41, 5.74) is 3.56. The molecular formula is C16H16Br2FN. The van der Waals surface area contributed by atoms with Gasteiger partial charge in [-0.2, -0.15) is 0 Å². The lowest BCUT2D eigenvalue weighted by atomic mass is 9.95. The third kappa shape index (κ3) is 3.48. The summed E-state index contributed by atoms with van der Waals surface area (Å²) in [6.07, 6.45) is 0.800. The lowest BCUT2D eigenvalue weighted by Crippen LogP contribution is -2.20. The molecule has 0 aliphatic heterocycles. The predicted molar refractivity (Wildman–Crippen MR) is 88.5 cm³/mol. The molecule has 1 atom stereocenters. The van der Waals surface area contributed by atoms with Crippen molar-refractivity contribution in [2.24, 2.45) is 0 Å². The number of nitrogens with one attached hydrogen (secondary N) is 1. The molecule has 0 fully saturated rings. The Morgan fingerprint density at radius 3 is 2.55 bits per heavy atom. The summed E-state index contributed by atoms with van der Waals surface area (Å²) in [7, 11) is 1.95. The predicted octanol–water partition coefficient (Wildman–Crippen LogP) is 5.16. The molecule has 0 aliphatic carbocycles. The van der Waals surface area contributed by atoms with Gasteiger partial charge in [-0.05, 0) is 55.3 Å². The number of likely N-dealkylation sites (N-methyl/N-ethyl adjacent to an activating group) is 1. The molecule has 2 aromatic rings. The van der Waals surface area contributed by atoms with Crippen LogP contribution < -0.4 is 5.32 Å².